The maximum atomic E-state index is 14.7. The third-order valence-corrected chi connectivity index (χ3v) is 9.99. The zero-order chi connectivity index (χ0) is 30.9. The third-order valence-electron chi connectivity index (χ3n) is 9.99. The van der Waals surface area contributed by atoms with Crippen molar-refractivity contribution in [2.45, 2.75) is 150 Å². The van der Waals surface area contributed by atoms with E-state index in [0.29, 0.717) is 23.4 Å². The lowest BCUT2D eigenvalue weighted by molar-refractivity contribution is -0.134. The first kappa shape index (κ1) is 32.5. The van der Waals surface area contributed by atoms with Crippen molar-refractivity contribution in [2.24, 2.45) is 21.7 Å². The highest BCUT2D eigenvalue weighted by Gasteiger charge is 2.53. The Bertz CT molecular complexity index is 1110. The molecule has 1 aliphatic heterocycles. The predicted molar refractivity (Wildman–Crippen MR) is 171 cm³/mol. The fourth-order valence-corrected chi connectivity index (χ4v) is 7.34. The molecule has 1 heterocycles. The molecule has 3 aliphatic rings. The largest absolute Gasteiger partial charge is 0.459 e. The molecule has 1 amide bonds. The lowest BCUT2D eigenvalue weighted by Gasteiger charge is -2.47. The average molecular weight is 580 g/mol. The summed E-state index contributed by atoms with van der Waals surface area (Å²) in [4.78, 5) is 37.1. The van der Waals surface area contributed by atoms with Gasteiger partial charge in [0.15, 0.2) is 5.84 Å². The lowest BCUT2D eigenvalue weighted by Crippen LogP contribution is -2.52. The highest BCUT2D eigenvalue weighted by molar-refractivity contribution is 6.39. The second-order valence-corrected chi connectivity index (χ2v) is 15.8. The minimum absolute atomic E-state index is 0.0829. The number of benzene rings is 1. The molecule has 234 valence electrons. The van der Waals surface area contributed by atoms with Crippen molar-refractivity contribution in [3.05, 3.63) is 35.4 Å². The van der Waals surface area contributed by atoms with Gasteiger partial charge in [0.05, 0.1) is 17.7 Å². The summed E-state index contributed by atoms with van der Waals surface area (Å²) in [6.45, 7) is 17.6. The van der Waals surface area contributed by atoms with Gasteiger partial charge in [-0.05, 0) is 99.7 Å². The van der Waals surface area contributed by atoms with Gasteiger partial charge >= 0.3 is 5.97 Å². The quantitative estimate of drug-likeness (QED) is 0.304. The van der Waals surface area contributed by atoms with E-state index in [9.17, 15) is 9.59 Å². The third kappa shape index (κ3) is 7.39. The highest BCUT2D eigenvalue weighted by Crippen LogP contribution is 2.50. The van der Waals surface area contributed by atoms with Gasteiger partial charge in [0.25, 0.3) is 5.91 Å². The standard InChI is InChI=1S/C36H57N3O3/c1-25(2)42-33(41)27-17-15-26(16-18-27)30(21-22-34(3,4)5)39-32(40)31(38(9)29-13-11-10-12-14-29)37-36(39)23-19-28(20-24-36)35(6,7)8/h15-18,25,28-30H,10-14,19-24H2,1-9H3/t28?,30-,36?/m1/s1. The molecule has 2 saturated carbocycles. The first-order valence-corrected chi connectivity index (χ1v) is 16.6. The lowest BCUT2D eigenvalue weighted by atomic mass is 9.69. The second kappa shape index (κ2) is 12.7. The molecule has 1 aromatic rings. The monoisotopic (exact) mass is 579 g/mol. The number of nitrogens with zero attached hydrogens (tertiary/aromatic N) is 3. The van der Waals surface area contributed by atoms with Gasteiger partial charge in [0, 0.05) is 13.1 Å². The van der Waals surface area contributed by atoms with E-state index < -0.39 is 5.66 Å². The predicted octanol–water partition coefficient (Wildman–Crippen LogP) is 8.56. The molecule has 2 aliphatic carbocycles. The molecule has 0 unspecified atom stereocenters. The van der Waals surface area contributed by atoms with Crippen LogP contribution in [0.3, 0.4) is 0 Å². The molecule has 42 heavy (non-hydrogen) atoms. The zero-order valence-corrected chi connectivity index (χ0v) is 28.0. The maximum Gasteiger partial charge on any atom is 0.338 e. The van der Waals surface area contributed by atoms with E-state index in [-0.39, 0.29) is 34.9 Å². The Kier molecular flexibility index (Phi) is 9.84. The van der Waals surface area contributed by atoms with Gasteiger partial charge < -0.3 is 14.5 Å². The van der Waals surface area contributed by atoms with Crippen LogP contribution in [0.25, 0.3) is 0 Å². The van der Waals surface area contributed by atoms with Crippen LogP contribution in [0.2, 0.25) is 0 Å². The van der Waals surface area contributed by atoms with Crippen LogP contribution < -0.4 is 0 Å². The summed E-state index contributed by atoms with van der Waals surface area (Å²) in [5.74, 6) is 1.06. The molecule has 0 bridgehead atoms. The van der Waals surface area contributed by atoms with E-state index in [1.807, 2.05) is 38.1 Å². The summed E-state index contributed by atoms with van der Waals surface area (Å²) in [6.07, 6.45) is 11.6. The topological polar surface area (TPSA) is 62.2 Å². The van der Waals surface area contributed by atoms with Crippen molar-refractivity contribution < 1.29 is 14.3 Å². The van der Waals surface area contributed by atoms with Crippen LogP contribution in [-0.4, -0.2) is 52.4 Å². The molecule has 1 aromatic carbocycles. The number of amidine groups is 1. The van der Waals surface area contributed by atoms with Gasteiger partial charge in [0.2, 0.25) is 0 Å². The highest BCUT2D eigenvalue weighted by atomic mass is 16.5. The molecule has 6 nitrogen and oxygen atoms in total. The molecule has 4 rings (SSSR count). The molecular formula is C36H57N3O3. The van der Waals surface area contributed by atoms with E-state index in [4.69, 9.17) is 9.73 Å². The van der Waals surface area contributed by atoms with Gasteiger partial charge in [0.1, 0.15) is 5.66 Å². The Morgan fingerprint density at radius 3 is 2.12 bits per heavy atom. The van der Waals surface area contributed by atoms with Crippen molar-refractivity contribution in [1.29, 1.82) is 0 Å². The minimum atomic E-state index is -0.519. The first-order valence-electron chi connectivity index (χ1n) is 16.6. The molecule has 0 N–H and O–H groups in total. The molecule has 1 spiro atoms. The Labute approximate surface area is 255 Å². The molecule has 6 heteroatoms. The van der Waals surface area contributed by atoms with Crippen molar-refractivity contribution in [3.63, 3.8) is 0 Å². The normalized spacial score (nSPS) is 24.7. The van der Waals surface area contributed by atoms with Crippen LogP contribution in [0.5, 0.6) is 0 Å². The number of ether oxygens (including phenoxy) is 1. The number of esters is 1. The van der Waals surface area contributed by atoms with Gasteiger partial charge in [-0.15, -0.1) is 0 Å². The molecule has 0 radical (unpaired) electrons. The summed E-state index contributed by atoms with van der Waals surface area (Å²) >= 11 is 0. The molecule has 0 aromatic heterocycles. The van der Waals surface area contributed by atoms with Crippen molar-refractivity contribution in [1.82, 2.24) is 9.80 Å². The number of carbonyl (C=O) groups is 2. The molecule has 0 saturated heterocycles. The molecule has 2 fully saturated rings. The summed E-state index contributed by atoms with van der Waals surface area (Å²) in [5, 5.41) is 0. The summed E-state index contributed by atoms with van der Waals surface area (Å²) < 4.78 is 5.44. The maximum absolute atomic E-state index is 14.7. The van der Waals surface area contributed by atoms with Crippen molar-refractivity contribution in [2.75, 3.05) is 7.05 Å². The van der Waals surface area contributed by atoms with E-state index in [0.717, 1.165) is 56.9 Å². The Hall–Kier alpha value is -2.37. The smallest absolute Gasteiger partial charge is 0.338 e. The van der Waals surface area contributed by atoms with E-state index in [1.165, 1.54) is 19.3 Å². The average Bonchev–Trinajstić information content (AvgIpc) is 3.19. The van der Waals surface area contributed by atoms with Crippen LogP contribution in [0.15, 0.2) is 29.3 Å². The molecular weight excluding hydrogens is 522 g/mol. The first-order chi connectivity index (χ1) is 19.6. The Balaban J connectivity index is 1.73. The number of carbonyl (C=O) groups excluding carboxylic acids is 2. The number of amides is 1. The van der Waals surface area contributed by atoms with E-state index in [2.05, 4.69) is 58.4 Å². The number of rotatable bonds is 7. The van der Waals surface area contributed by atoms with Gasteiger partial charge in [-0.3, -0.25) is 4.79 Å². The summed E-state index contributed by atoms with van der Waals surface area (Å²) in [6, 6.07) is 8.07. The van der Waals surface area contributed by atoms with Crippen molar-refractivity contribution in [3.8, 4) is 0 Å². The number of hydrogen-bond acceptors (Lipinski definition) is 5. The Morgan fingerprint density at radius 2 is 1.60 bits per heavy atom. The van der Waals surface area contributed by atoms with Crippen molar-refractivity contribution >= 4 is 17.7 Å². The fraction of sp³-hybridized carbons (Fsp3) is 0.750. The molecule has 1 atom stereocenters. The van der Waals surface area contributed by atoms with Crippen LogP contribution in [0, 0.1) is 16.7 Å². The van der Waals surface area contributed by atoms with Crippen LogP contribution >= 0.6 is 0 Å². The number of hydrogen-bond donors (Lipinski definition) is 0. The minimum Gasteiger partial charge on any atom is -0.459 e. The zero-order valence-electron chi connectivity index (χ0n) is 28.0. The second-order valence-electron chi connectivity index (χ2n) is 15.8. The SMILES string of the molecule is CC(C)OC(=O)c1ccc([C@@H](CCC(C)(C)C)N2C(=O)C(N(C)C3CCCCC3)=NC23CCC(C(C)(C)C)CC3)cc1. The van der Waals surface area contributed by atoms with Gasteiger partial charge in [-0.1, -0.05) is 72.9 Å². The summed E-state index contributed by atoms with van der Waals surface area (Å²) in [5.41, 5.74) is 1.47. The van der Waals surface area contributed by atoms with Crippen LogP contribution in [0.4, 0.5) is 0 Å². The number of aliphatic imine (C=N–C) groups is 1. The summed E-state index contributed by atoms with van der Waals surface area (Å²) in [7, 11) is 2.10. The Morgan fingerprint density at radius 1 is 1.00 bits per heavy atom. The number of likely N-dealkylation sites (N-methyl/N-ethyl adjacent to an activating group) is 1. The van der Waals surface area contributed by atoms with Gasteiger partial charge in [-0.2, -0.15) is 0 Å². The van der Waals surface area contributed by atoms with E-state index in [1.54, 1.807) is 0 Å². The van der Waals surface area contributed by atoms with Crippen LogP contribution in [-0.2, 0) is 9.53 Å². The fourth-order valence-electron chi connectivity index (χ4n) is 7.34. The van der Waals surface area contributed by atoms with Gasteiger partial charge in [-0.25, -0.2) is 9.79 Å². The van der Waals surface area contributed by atoms with E-state index >= 15 is 0 Å². The van der Waals surface area contributed by atoms with Crippen LogP contribution in [0.1, 0.15) is 148 Å².